The SMILES string of the molecule is CCS(=O)(=O)c1c(C(C)=O)nn2ccccc12. The lowest BCUT2D eigenvalue weighted by molar-refractivity contribution is 0.101. The van der Waals surface area contributed by atoms with Gasteiger partial charge in [0.25, 0.3) is 0 Å². The standard InChI is InChI=1S/C11H12N2O3S/c1-3-17(15,16)11-9-6-4-5-7-13(9)12-10(11)8(2)14/h4-7H,3H2,1-2H3. The molecule has 5 nitrogen and oxygen atoms in total. The number of carbonyl (C=O) groups excluding carboxylic acids is 1. The van der Waals surface area contributed by atoms with Crippen LogP contribution in [0.2, 0.25) is 0 Å². The summed E-state index contributed by atoms with van der Waals surface area (Å²) in [6, 6.07) is 5.09. The first kappa shape index (κ1) is 11.8. The van der Waals surface area contributed by atoms with Crippen LogP contribution in [0.5, 0.6) is 0 Å². The number of rotatable bonds is 3. The quantitative estimate of drug-likeness (QED) is 0.773. The fraction of sp³-hybridized carbons (Fsp3) is 0.273. The van der Waals surface area contributed by atoms with E-state index in [1.807, 2.05) is 0 Å². The van der Waals surface area contributed by atoms with E-state index in [1.165, 1.54) is 11.4 Å². The van der Waals surface area contributed by atoms with Crippen LogP contribution >= 0.6 is 0 Å². The van der Waals surface area contributed by atoms with Crippen molar-refractivity contribution < 1.29 is 13.2 Å². The molecule has 0 unspecified atom stereocenters. The zero-order chi connectivity index (χ0) is 12.6. The molecule has 0 bridgehead atoms. The summed E-state index contributed by atoms with van der Waals surface area (Å²) < 4.78 is 25.4. The van der Waals surface area contributed by atoms with Gasteiger partial charge in [0.1, 0.15) is 10.6 Å². The van der Waals surface area contributed by atoms with Gasteiger partial charge in [-0.25, -0.2) is 12.9 Å². The number of Topliss-reactive ketones (excluding diaryl/α,β-unsaturated/α-hetero) is 1. The van der Waals surface area contributed by atoms with Gasteiger partial charge in [0, 0.05) is 13.1 Å². The molecule has 0 fully saturated rings. The van der Waals surface area contributed by atoms with Crippen molar-refractivity contribution in [3.8, 4) is 0 Å². The second-order valence-electron chi connectivity index (χ2n) is 3.67. The van der Waals surface area contributed by atoms with Gasteiger partial charge < -0.3 is 0 Å². The van der Waals surface area contributed by atoms with Crippen LogP contribution in [0.25, 0.3) is 5.52 Å². The van der Waals surface area contributed by atoms with Crippen LogP contribution in [0.15, 0.2) is 29.3 Å². The smallest absolute Gasteiger partial charge is 0.182 e. The molecule has 90 valence electrons. The Balaban J connectivity index is 2.92. The Bertz CT molecular complexity index is 686. The van der Waals surface area contributed by atoms with Crippen LogP contribution in [-0.2, 0) is 9.84 Å². The Morgan fingerprint density at radius 2 is 2.12 bits per heavy atom. The molecule has 0 radical (unpaired) electrons. The molecule has 6 heteroatoms. The van der Waals surface area contributed by atoms with Crippen molar-refractivity contribution in [2.75, 3.05) is 5.75 Å². The largest absolute Gasteiger partial charge is 0.293 e. The Hall–Kier alpha value is -1.69. The highest BCUT2D eigenvalue weighted by atomic mass is 32.2. The van der Waals surface area contributed by atoms with Gasteiger partial charge in [-0.15, -0.1) is 0 Å². The average Bonchev–Trinajstić information content (AvgIpc) is 2.69. The molecular formula is C11H12N2O3S. The lowest BCUT2D eigenvalue weighted by Gasteiger charge is -2.00. The van der Waals surface area contributed by atoms with Crippen molar-refractivity contribution in [1.29, 1.82) is 0 Å². The minimum atomic E-state index is -3.46. The van der Waals surface area contributed by atoms with Gasteiger partial charge in [-0.2, -0.15) is 5.10 Å². The molecule has 0 aliphatic heterocycles. The second-order valence-corrected chi connectivity index (χ2v) is 5.88. The zero-order valence-electron chi connectivity index (χ0n) is 9.54. The number of hydrogen-bond acceptors (Lipinski definition) is 4. The predicted octanol–water partition coefficient (Wildman–Crippen LogP) is 1.33. The minimum Gasteiger partial charge on any atom is -0.293 e. The normalized spacial score (nSPS) is 11.9. The first-order valence-electron chi connectivity index (χ1n) is 5.18. The van der Waals surface area contributed by atoms with Crippen LogP contribution < -0.4 is 0 Å². The van der Waals surface area contributed by atoms with E-state index < -0.39 is 9.84 Å². The highest BCUT2D eigenvalue weighted by Gasteiger charge is 2.25. The van der Waals surface area contributed by atoms with Gasteiger partial charge in [-0.05, 0) is 12.1 Å². The lowest BCUT2D eigenvalue weighted by atomic mass is 10.3. The van der Waals surface area contributed by atoms with Crippen LogP contribution in [0.1, 0.15) is 24.3 Å². The summed E-state index contributed by atoms with van der Waals surface area (Å²) in [5.41, 5.74) is 0.456. The topological polar surface area (TPSA) is 68.5 Å². The number of aromatic nitrogens is 2. The van der Waals surface area contributed by atoms with Crippen LogP contribution in [0.4, 0.5) is 0 Å². The van der Waals surface area contributed by atoms with E-state index in [-0.39, 0.29) is 22.1 Å². The van der Waals surface area contributed by atoms with Gasteiger partial charge in [0.2, 0.25) is 0 Å². The monoisotopic (exact) mass is 252 g/mol. The van der Waals surface area contributed by atoms with Gasteiger partial charge >= 0.3 is 0 Å². The number of carbonyl (C=O) groups is 1. The van der Waals surface area contributed by atoms with Crippen LogP contribution in [-0.4, -0.2) is 29.6 Å². The molecule has 0 saturated heterocycles. The molecule has 0 aromatic carbocycles. The fourth-order valence-corrected chi connectivity index (χ4v) is 2.91. The van der Waals surface area contributed by atoms with E-state index in [1.54, 1.807) is 31.3 Å². The molecule has 2 aromatic rings. The summed E-state index contributed by atoms with van der Waals surface area (Å²) in [5.74, 6) is -0.399. The fourth-order valence-electron chi connectivity index (χ4n) is 1.66. The summed E-state index contributed by atoms with van der Waals surface area (Å²) in [4.78, 5) is 11.5. The Kier molecular flexibility index (Phi) is 2.74. The molecular weight excluding hydrogens is 240 g/mol. The van der Waals surface area contributed by atoms with E-state index in [9.17, 15) is 13.2 Å². The summed E-state index contributed by atoms with van der Waals surface area (Å²) in [6.45, 7) is 2.86. The molecule has 0 aliphatic rings. The number of pyridine rings is 1. The summed E-state index contributed by atoms with van der Waals surface area (Å²) in [6.07, 6.45) is 1.62. The van der Waals surface area contributed by atoms with E-state index >= 15 is 0 Å². The third kappa shape index (κ3) is 1.84. The number of hydrogen-bond donors (Lipinski definition) is 0. The Morgan fingerprint density at radius 3 is 2.71 bits per heavy atom. The molecule has 0 spiro atoms. The molecule has 0 atom stereocenters. The van der Waals surface area contributed by atoms with E-state index in [0.29, 0.717) is 5.52 Å². The van der Waals surface area contributed by atoms with E-state index in [4.69, 9.17) is 0 Å². The summed E-state index contributed by atoms with van der Waals surface area (Å²) in [5, 5.41) is 4.01. The van der Waals surface area contributed by atoms with Gasteiger partial charge in [0.05, 0.1) is 11.3 Å². The maximum Gasteiger partial charge on any atom is 0.182 e. The summed E-state index contributed by atoms with van der Waals surface area (Å²) >= 11 is 0. The lowest BCUT2D eigenvalue weighted by Crippen LogP contribution is -2.08. The molecule has 17 heavy (non-hydrogen) atoms. The van der Waals surface area contributed by atoms with Gasteiger partial charge in [-0.3, -0.25) is 4.79 Å². The first-order valence-corrected chi connectivity index (χ1v) is 6.83. The van der Waals surface area contributed by atoms with E-state index in [2.05, 4.69) is 5.10 Å². The molecule has 0 saturated carbocycles. The zero-order valence-corrected chi connectivity index (χ0v) is 10.4. The van der Waals surface area contributed by atoms with Crippen molar-refractivity contribution in [1.82, 2.24) is 9.61 Å². The second kappa shape index (κ2) is 3.96. The van der Waals surface area contributed by atoms with Crippen molar-refractivity contribution in [2.45, 2.75) is 18.7 Å². The van der Waals surface area contributed by atoms with Crippen molar-refractivity contribution in [3.05, 3.63) is 30.1 Å². The highest BCUT2D eigenvalue weighted by Crippen LogP contribution is 2.23. The third-order valence-electron chi connectivity index (χ3n) is 2.52. The Labute approximate surface area is 99.0 Å². The Morgan fingerprint density at radius 1 is 1.41 bits per heavy atom. The van der Waals surface area contributed by atoms with Crippen molar-refractivity contribution in [3.63, 3.8) is 0 Å². The maximum absolute atomic E-state index is 12.0. The average molecular weight is 252 g/mol. The summed E-state index contributed by atoms with van der Waals surface area (Å²) in [7, 11) is -3.46. The number of ketones is 1. The molecule has 0 N–H and O–H groups in total. The molecule has 2 aromatic heterocycles. The maximum atomic E-state index is 12.0. The van der Waals surface area contributed by atoms with Crippen molar-refractivity contribution >= 4 is 21.1 Å². The molecule has 0 amide bonds. The van der Waals surface area contributed by atoms with Crippen molar-refractivity contribution in [2.24, 2.45) is 0 Å². The minimum absolute atomic E-state index is 0.0121. The van der Waals surface area contributed by atoms with Gasteiger partial charge in [-0.1, -0.05) is 13.0 Å². The number of nitrogens with zero attached hydrogens (tertiary/aromatic N) is 2. The van der Waals surface area contributed by atoms with Crippen LogP contribution in [0.3, 0.4) is 0 Å². The predicted molar refractivity (Wildman–Crippen MR) is 62.9 cm³/mol. The molecule has 2 rings (SSSR count). The third-order valence-corrected chi connectivity index (χ3v) is 4.30. The first-order chi connectivity index (χ1) is 7.97. The van der Waals surface area contributed by atoms with E-state index in [0.717, 1.165) is 0 Å². The molecule has 2 heterocycles. The highest BCUT2D eigenvalue weighted by molar-refractivity contribution is 7.91. The number of sulfone groups is 1. The van der Waals surface area contributed by atoms with Crippen LogP contribution in [0, 0.1) is 0 Å². The number of fused-ring (bicyclic) bond motifs is 1. The molecule has 0 aliphatic carbocycles. The van der Waals surface area contributed by atoms with Gasteiger partial charge in [0.15, 0.2) is 15.6 Å².